The van der Waals surface area contributed by atoms with Crippen LogP contribution >= 0.6 is 0 Å². The lowest BCUT2D eigenvalue weighted by atomic mass is 9.83. The summed E-state index contributed by atoms with van der Waals surface area (Å²) in [5.41, 5.74) is 3.14. The molecule has 4 unspecified atom stereocenters. The molecule has 0 radical (unpaired) electrons. The third-order valence-corrected chi connectivity index (χ3v) is 8.34. The van der Waals surface area contributed by atoms with E-state index >= 15 is 0 Å². The molecule has 2 bridgehead atoms. The molecule has 6 nitrogen and oxygen atoms in total. The number of nitrogens with zero attached hydrogens (tertiary/aromatic N) is 5. The highest BCUT2D eigenvalue weighted by atomic mass is 16.1. The van der Waals surface area contributed by atoms with Crippen LogP contribution in [-0.2, 0) is 7.05 Å². The van der Waals surface area contributed by atoms with Crippen LogP contribution in [0.1, 0.15) is 66.2 Å². The van der Waals surface area contributed by atoms with E-state index in [1.807, 2.05) is 46.9 Å². The van der Waals surface area contributed by atoms with Crippen LogP contribution in [0.25, 0.3) is 11.3 Å². The van der Waals surface area contributed by atoms with Gasteiger partial charge in [-0.05, 0) is 74.5 Å². The van der Waals surface area contributed by atoms with Crippen LogP contribution < -0.4 is 10.5 Å². The first-order valence-corrected chi connectivity index (χ1v) is 14.5. The largest absolute Gasteiger partial charge is 0.371 e. The number of allylic oxidation sites excluding steroid dienone is 3. The summed E-state index contributed by atoms with van der Waals surface area (Å²) < 4.78 is 1.74. The van der Waals surface area contributed by atoms with Gasteiger partial charge in [-0.25, -0.2) is 4.98 Å². The van der Waals surface area contributed by atoms with Crippen LogP contribution in [0.3, 0.4) is 0 Å². The molecule has 1 saturated carbocycles. The van der Waals surface area contributed by atoms with E-state index < -0.39 is 0 Å². The number of piperidine rings is 1. The van der Waals surface area contributed by atoms with Crippen molar-refractivity contribution in [2.75, 3.05) is 24.5 Å². The Labute approximate surface area is 223 Å². The molecule has 0 spiro atoms. The molecule has 200 valence electrons. The van der Waals surface area contributed by atoms with E-state index in [1.165, 1.54) is 57.3 Å². The van der Waals surface area contributed by atoms with Crippen LogP contribution in [0.4, 0.5) is 5.95 Å². The third kappa shape index (κ3) is 5.68. The third-order valence-electron chi connectivity index (χ3n) is 8.34. The maximum Gasteiger partial charge on any atom is 0.255 e. The molecule has 0 N–H and O–H groups in total. The highest BCUT2D eigenvalue weighted by Gasteiger charge is 2.47. The Kier molecular flexibility index (Phi) is 9.23. The molecular weight excluding hydrogens is 458 g/mol. The van der Waals surface area contributed by atoms with E-state index in [1.54, 1.807) is 23.0 Å². The Hall–Kier alpha value is -2.89. The Bertz CT molecular complexity index is 1140. The fourth-order valence-corrected chi connectivity index (χ4v) is 6.58. The molecule has 2 aliphatic carbocycles. The van der Waals surface area contributed by atoms with Gasteiger partial charge in [0.1, 0.15) is 0 Å². The molecule has 0 aromatic carbocycles. The van der Waals surface area contributed by atoms with Gasteiger partial charge < -0.3 is 9.80 Å². The van der Waals surface area contributed by atoms with E-state index in [0.717, 1.165) is 35.6 Å². The van der Waals surface area contributed by atoms with Crippen LogP contribution in [0.15, 0.2) is 59.3 Å². The molecule has 6 heteroatoms. The summed E-state index contributed by atoms with van der Waals surface area (Å²) >= 11 is 0. The van der Waals surface area contributed by atoms with Gasteiger partial charge in [-0.15, -0.1) is 0 Å². The summed E-state index contributed by atoms with van der Waals surface area (Å²) in [6.07, 6.45) is 18.0. The number of fused-ring (bicyclic) bond motifs is 2. The summed E-state index contributed by atoms with van der Waals surface area (Å²) in [5.74, 6) is 2.95. The molecule has 3 aliphatic heterocycles. The highest BCUT2D eigenvalue weighted by molar-refractivity contribution is 5.59. The molecule has 2 aromatic heterocycles. The zero-order valence-electron chi connectivity index (χ0n) is 23.4. The minimum absolute atomic E-state index is 0.00499. The Morgan fingerprint density at radius 1 is 0.946 bits per heavy atom. The van der Waals surface area contributed by atoms with Crippen molar-refractivity contribution < 1.29 is 0 Å². The quantitative estimate of drug-likeness (QED) is 0.510. The molecule has 4 fully saturated rings. The first kappa shape index (κ1) is 27.2. The normalized spacial score (nSPS) is 26.1. The maximum absolute atomic E-state index is 12.9. The summed E-state index contributed by atoms with van der Waals surface area (Å²) in [6, 6.07) is 5.96. The van der Waals surface area contributed by atoms with Crippen LogP contribution in [0, 0.1) is 17.8 Å². The van der Waals surface area contributed by atoms with Crippen molar-refractivity contribution in [1.29, 1.82) is 0 Å². The average Bonchev–Trinajstić information content (AvgIpc) is 3.10. The van der Waals surface area contributed by atoms with Crippen molar-refractivity contribution in [2.45, 2.75) is 72.3 Å². The number of hydrogen-bond donors (Lipinski definition) is 0. The van der Waals surface area contributed by atoms with Gasteiger partial charge in [0.25, 0.3) is 5.56 Å². The molecule has 2 aromatic rings. The summed E-state index contributed by atoms with van der Waals surface area (Å²) in [7, 11) is 1.87. The molecule has 4 atom stereocenters. The van der Waals surface area contributed by atoms with Crippen molar-refractivity contribution in [1.82, 2.24) is 19.4 Å². The van der Waals surface area contributed by atoms with E-state index in [0.29, 0.717) is 12.0 Å². The molecular formula is C31H45N5O. The number of anilines is 1. The maximum atomic E-state index is 12.9. The lowest BCUT2D eigenvalue weighted by molar-refractivity contribution is 0.277. The zero-order chi connectivity index (χ0) is 26.4. The predicted octanol–water partition coefficient (Wildman–Crippen LogP) is 6.06. The van der Waals surface area contributed by atoms with Crippen LogP contribution in [-0.4, -0.2) is 45.1 Å². The molecule has 0 amide bonds. The van der Waals surface area contributed by atoms with Gasteiger partial charge in [-0.2, -0.15) is 0 Å². The van der Waals surface area contributed by atoms with Gasteiger partial charge in [0.15, 0.2) is 0 Å². The first-order chi connectivity index (χ1) is 18.2. The minimum Gasteiger partial charge on any atom is -0.371 e. The SMILES string of the molecule is CC.CC.Cn1c(N2CC3CCC2CC2CN(C4=CCCCC=C4)CC23)nc(-c2ccncc2)cc1=O. The lowest BCUT2D eigenvalue weighted by Crippen LogP contribution is -2.46. The second kappa shape index (κ2) is 12.6. The summed E-state index contributed by atoms with van der Waals surface area (Å²) in [5, 5.41) is 0. The molecule has 3 saturated heterocycles. The number of rotatable bonds is 3. The number of aromatic nitrogens is 3. The molecule has 5 heterocycles. The highest BCUT2D eigenvalue weighted by Crippen LogP contribution is 2.46. The second-order valence-electron chi connectivity index (χ2n) is 10.2. The van der Waals surface area contributed by atoms with E-state index in [-0.39, 0.29) is 5.56 Å². The van der Waals surface area contributed by atoms with E-state index in [4.69, 9.17) is 4.98 Å². The number of hydrogen-bond acceptors (Lipinski definition) is 5. The fraction of sp³-hybridized carbons (Fsp3) is 0.581. The molecule has 7 rings (SSSR count). The van der Waals surface area contributed by atoms with Gasteiger partial charge in [0.2, 0.25) is 5.95 Å². The Morgan fingerprint density at radius 3 is 2.51 bits per heavy atom. The molecule has 5 aliphatic rings. The first-order valence-electron chi connectivity index (χ1n) is 14.5. The van der Waals surface area contributed by atoms with Gasteiger partial charge in [0, 0.05) is 62.4 Å². The Balaban J connectivity index is 0.000000765. The monoisotopic (exact) mass is 503 g/mol. The summed E-state index contributed by atoms with van der Waals surface area (Å²) in [6.45, 7) is 11.4. The van der Waals surface area contributed by atoms with Crippen molar-refractivity contribution in [3.8, 4) is 11.3 Å². The van der Waals surface area contributed by atoms with Crippen LogP contribution in [0.5, 0.6) is 0 Å². The van der Waals surface area contributed by atoms with Crippen molar-refractivity contribution in [3.05, 3.63) is 64.9 Å². The van der Waals surface area contributed by atoms with Gasteiger partial charge in [0.05, 0.1) is 5.69 Å². The van der Waals surface area contributed by atoms with Gasteiger partial charge in [-0.3, -0.25) is 14.3 Å². The predicted molar refractivity (Wildman–Crippen MR) is 154 cm³/mol. The van der Waals surface area contributed by atoms with Gasteiger partial charge in [-0.1, -0.05) is 39.8 Å². The second-order valence-corrected chi connectivity index (χ2v) is 10.2. The average molecular weight is 504 g/mol. The van der Waals surface area contributed by atoms with Crippen molar-refractivity contribution in [3.63, 3.8) is 0 Å². The zero-order valence-corrected chi connectivity index (χ0v) is 23.4. The minimum atomic E-state index is 0.00499. The molecule has 37 heavy (non-hydrogen) atoms. The Morgan fingerprint density at radius 2 is 1.73 bits per heavy atom. The number of pyridine rings is 1. The van der Waals surface area contributed by atoms with Gasteiger partial charge >= 0.3 is 0 Å². The fourth-order valence-electron chi connectivity index (χ4n) is 6.58. The van der Waals surface area contributed by atoms with E-state index in [2.05, 4.69) is 33.0 Å². The van der Waals surface area contributed by atoms with E-state index in [9.17, 15) is 4.79 Å². The number of likely N-dealkylation sites (tertiary alicyclic amines) is 1. The standard InChI is InChI=1S/C27H33N5O.2C2H6/c1-30-26(33)15-25(19-10-12-28-13-11-19)29-27(30)32-17-20-8-9-23(32)14-21-16-31(18-24(20)21)22-6-4-2-3-5-7-22;2*1-2/h4,6-7,10-13,15,20-21,23-24H,2-3,5,8-9,14,16-18H2,1H3;2*1-2H3. The lowest BCUT2D eigenvalue weighted by Gasteiger charge is -2.39. The van der Waals surface area contributed by atoms with Crippen molar-refractivity contribution >= 4 is 5.95 Å². The van der Waals surface area contributed by atoms with Crippen LogP contribution in [0.2, 0.25) is 0 Å². The van der Waals surface area contributed by atoms with Crippen molar-refractivity contribution in [2.24, 2.45) is 24.8 Å². The topological polar surface area (TPSA) is 54.3 Å². The summed E-state index contributed by atoms with van der Waals surface area (Å²) in [4.78, 5) is 27.1. The smallest absolute Gasteiger partial charge is 0.255 e.